The van der Waals surface area contributed by atoms with Crippen molar-refractivity contribution in [2.24, 2.45) is 5.92 Å². The Morgan fingerprint density at radius 3 is 2.76 bits per heavy atom. The molecule has 0 bridgehead atoms. The number of rotatable bonds is 6. The Labute approximate surface area is 109 Å². The number of anilines is 1. The van der Waals surface area contributed by atoms with Crippen molar-refractivity contribution in [1.82, 2.24) is 10.2 Å². The lowest BCUT2D eigenvalue weighted by Gasteiger charge is -2.20. The number of aromatic amines is 1. The highest BCUT2D eigenvalue weighted by Gasteiger charge is 2.15. The lowest BCUT2D eigenvalue weighted by molar-refractivity contribution is 0.114. The molecule has 0 saturated carbocycles. The van der Waals surface area contributed by atoms with E-state index < -0.39 is 6.10 Å². The van der Waals surface area contributed by atoms with E-state index in [1.807, 2.05) is 0 Å². The van der Waals surface area contributed by atoms with E-state index in [1.54, 1.807) is 0 Å². The monoisotopic (exact) mass is 303 g/mol. The van der Waals surface area contributed by atoms with Crippen LogP contribution in [-0.2, 0) is 0 Å². The van der Waals surface area contributed by atoms with Gasteiger partial charge in [-0.3, -0.25) is 4.79 Å². The van der Waals surface area contributed by atoms with E-state index in [-0.39, 0.29) is 11.5 Å². The molecule has 0 aliphatic rings. The third-order valence-electron chi connectivity index (χ3n) is 2.89. The quantitative estimate of drug-likeness (QED) is 0.748. The van der Waals surface area contributed by atoms with Gasteiger partial charge in [0.05, 0.1) is 18.0 Å². The molecule has 0 radical (unpaired) electrons. The van der Waals surface area contributed by atoms with Gasteiger partial charge in [0.1, 0.15) is 4.47 Å². The molecule has 0 fully saturated rings. The van der Waals surface area contributed by atoms with E-state index in [1.165, 1.54) is 6.20 Å². The molecule has 0 amide bonds. The Balaban J connectivity index is 2.61. The first-order valence-corrected chi connectivity index (χ1v) is 6.54. The molecular weight excluding hydrogens is 286 g/mol. The van der Waals surface area contributed by atoms with Gasteiger partial charge < -0.3 is 10.4 Å². The second-order valence-electron chi connectivity index (χ2n) is 3.95. The van der Waals surface area contributed by atoms with E-state index in [2.05, 4.69) is 45.3 Å². The summed E-state index contributed by atoms with van der Waals surface area (Å²) in [4.78, 5) is 11.3. The number of halogens is 1. The summed E-state index contributed by atoms with van der Waals surface area (Å²) < 4.78 is 0.407. The van der Waals surface area contributed by atoms with Crippen molar-refractivity contribution in [2.45, 2.75) is 32.8 Å². The van der Waals surface area contributed by atoms with Gasteiger partial charge in [-0.25, -0.2) is 5.10 Å². The molecule has 1 atom stereocenters. The lowest BCUT2D eigenvalue weighted by atomic mass is 9.96. The maximum absolute atomic E-state index is 11.3. The summed E-state index contributed by atoms with van der Waals surface area (Å²) in [6.45, 7) is 4.53. The number of nitrogens with one attached hydrogen (secondary N) is 2. The smallest absolute Gasteiger partial charge is 0.280 e. The van der Waals surface area contributed by atoms with Crippen molar-refractivity contribution in [2.75, 3.05) is 11.9 Å². The highest BCUT2D eigenvalue weighted by atomic mass is 79.9. The normalized spacial score (nSPS) is 12.8. The molecule has 96 valence electrons. The minimum Gasteiger partial charge on any atom is -0.391 e. The Hall–Kier alpha value is -0.880. The first-order valence-electron chi connectivity index (χ1n) is 5.75. The molecule has 1 aromatic heterocycles. The summed E-state index contributed by atoms with van der Waals surface area (Å²) in [5.41, 5.74) is 0.311. The van der Waals surface area contributed by atoms with E-state index in [0.717, 1.165) is 12.8 Å². The third-order valence-corrected chi connectivity index (χ3v) is 3.68. The average molecular weight is 304 g/mol. The van der Waals surface area contributed by atoms with Crippen LogP contribution in [0.15, 0.2) is 15.5 Å². The molecular formula is C11H18BrN3O2. The van der Waals surface area contributed by atoms with E-state index >= 15 is 0 Å². The summed E-state index contributed by atoms with van der Waals surface area (Å²) in [7, 11) is 0. The Morgan fingerprint density at radius 2 is 2.18 bits per heavy atom. The Bertz CT molecular complexity index is 404. The molecule has 17 heavy (non-hydrogen) atoms. The van der Waals surface area contributed by atoms with Crippen LogP contribution in [0.25, 0.3) is 0 Å². The first kappa shape index (κ1) is 14.2. The van der Waals surface area contributed by atoms with Crippen LogP contribution < -0.4 is 10.9 Å². The van der Waals surface area contributed by atoms with E-state index in [4.69, 9.17) is 0 Å². The summed E-state index contributed by atoms with van der Waals surface area (Å²) in [6, 6.07) is 0. The Morgan fingerprint density at radius 1 is 1.53 bits per heavy atom. The van der Waals surface area contributed by atoms with Crippen LogP contribution >= 0.6 is 15.9 Å². The van der Waals surface area contributed by atoms with Crippen LogP contribution in [0.5, 0.6) is 0 Å². The second-order valence-corrected chi connectivity index (χ2v) is 4.74. The van der Waals surface area contributed by atoms with Gasteiger partial charge >= 0.3 is 0 Å². The number of hydrogen-bond donors (Lipinski definition) is 3. The van der Waals surface area contributed by atoms with Crippen molar-refractivity contribution in [1.29, 1.82) is 0 Å². The van der Waals surface area contributed by atoms with Crippen molar-refractivity contribution in [3.05, 3.63) is 21.0 Å². The number of aromatic nitrogens is 2. The van der Waals surface area contributed by atoms with Gasteiger partial charge in [-0.15, -0.1) is 0 Å². The molecule has 3 N–H and O–H groups in total. The summed E-state index contributed by atoms with van der Waals surface area (Å²) >= 11 is 3.17. The van der Waals surface area contributed by atoms with Crippen molar-refractivity contribution < 1.29 is 5.11 Å². The predicted molar refractivity (Wildman–Crippen MR) is 71.1 cm³/mol. The predicted octanol–water partition coefficient (Wildman–Crippen LogP) is 1.74. The molecule has 1 aromatic rings. The number of nitrogens with zero attached hydrogens (tertiary/aromatic N) is 1. The minimum atomic E-state index is -0.420. The zero-order valence-corrected chi connectivity index (χ0v) is 11.6. The maximum atomic E-state index is 11.3. The van der Waals surface area contributed by atoms with E-state index in [0.29, 0.717) is 16.7 Å². The lowest BCUT2D eigenvalue weighted by Crippen LogP contribution is -2.28. The number of H-pyrrole nitrogens is 1. The Kier molecular flexibility index (Phi) is 5.64. The molecule has 0 aliphatic heterocycles. The summed E-state index contributed by atoms with van der Waals surface area (Å²) in [5, 5.41) is 19.0. The molecule has 1 heterocycles. The van der Waals surface area contributed by atoms with Crippen molar-refractivity contribution in [3.63, 3.8) is 0 Å². The average Bonchev–Trinajstić information content (AvgIpc) is 2.32. The van der Waals surface area contributed by atoms with Gasteiger partial charge in [0, 0.05) is 6.54 Å². The SMILES string of the molecule is CCC(CC)C(O)CNc1cn[nH]c(=O)c1Br. The fourth-order valence-electron chi connectivity index (χ4n) is 1.72. The highest BCUT2D eigenvalue weighted by Crippen LogP contribution is 2.17. The highest BCUT2D eigenvalue weighted by molar-refractivity contribution is 9.10. The second kappa shape index (κ2) is 6.76. The topological polar surface area (TPSA) is 78.0 Å². The summed E-state index contributed by atoms with van der Waals surface area (Å²) in [6.07, 6.45) is 2.98. The third kappa shape index (κ3) is 3.81. The molecule has 1 rings (SSSR count). The standard InChI is InChI=1S/C11H18BrN3O2/c1-3-7(4-2)9(16)6-13-8-5-14-15-11(17)10(8)12/h5,7,9,16H,3-4,6H2,1-2H3,(H2,13,15,17). The number of aliphatic hydroxyl groups excluding tert-OH is 1. The van der Waals surface area contributed by atoms with Gasteiger partial charge in [-0.05, 0) is 21.8 Å². The molecule has 0 spiro atoms. The van der Waals surface area contributed by atoms with Crippen LogP contribution in [0, 0.1) is 5.92 Å². The number of aliphatic hydroxyl groups is 1. The molecule has 0 aromatic carbocycles. The van der Waals surface area contributed by atoms with Crippen LogP contribution in [0.1, 0.15) is 26.7 Å². The van der Waals surface area contributed by atoms with Gasteiger partial charge in [0.15, 0.2) is 0 Å². The molecule has 6 heteroatoms. The fraction of sp³-hybridized carbons (Fsp3) is 0.636. The zero-order chi connectivity index (χ0) is 12.8. The molecule has 0 saturated heterocycles. The van der Waals surface area contributed by atoms with Crippen molar-refractivity contribution >= 4 is 21.6 Å². The zero-order valence-electron chi connectivity index (χ0n) is 10.0. The van der Waals surface area contributed by atoms with Gasteiger partial charge in [0.25, 0.3) is 5.56 Å². The van der Waals surface area contributed by atoms with Crippen LogP contribution in [0.3, 0.4) is 0 Å². The van der Waals surface area contributed by atoms with Gasteiger partial charge in [-0.2, -0.15) is 5.10 Å². The maximum Gasteiger partial charge on any atom is 0.280 e. The van der Waals surface area contributed by atoms with E-state index in [9.17, 15) is 9.90 Å². The molecule has 5 nitrogen and oxygen atoms in total. The van der Waals surface area contributed by atoms with Crippen LogP contribution in [0.2, 0.25) is 0 Å². The van der Waals surface area contributed by atoms with Gasteiger partial charge in [0.2, 0.25) is 0 Å². The van der Waals surface area contributed by atoms with Crippen LogP contribution in [0.4, 0.5) is 5.69 Å². The first-order chi connectivity index (χ1) is 8.10. The van der Waals surface area contributed by atoms with Crippen molar-refractivity contribution in [3.8, 4) is 0 Å². The largest absolute Gasteiger partial charge is 0.391 e. The molecule has 1 unspecified atom stereocenters. The molecule has 0 aliphatic carbocycles. The fourth-order valence-corrected chi connectivity index (χ4v) is 2.05. The number of hydrogen-bond acceptors (Lipinski definition) is 4. The summed E-state index contributed by atoms with van der Waals surface area (Å²) in [5.74, 6) is 0.274. The minimum absolute atomic E-state index is 0.274. The van der Waals surface area contributed by atoms with Gasteiger partial charge in [-0.1, -0.05) is 26.7 Å². The van der Waals surface area contributed by atoms with Crippen LogP contribution in [-0.4, -0.2) is 28.0 Å².